The molecule has 1 aliphatic rings. The maximum Gasteiger partial charge on any atom is 0.301 e. The number of aliphatic hydroxyl groups is 1. The molecule has 1 fully saturated rings. The maximum atomic E-state index is 13.3. The number of rotatable bonds is 6. The van der Waals surface area contributed by atoms with Crippen LogP contribution in [0.25, 0.3) is 16.0 Å². The van der Waals surface area contributed by atoms with Crippen LogP contribution in [0.2, 0.25) is 0 Å². The largest absolute Gasteiger partial charge is 0.507 e. The van der Waals surface area contributed by atoms with Crippen molar-refractivity contribution in [1.29, 1.82) is 0 Å². The van der Waals surface area contributed by atoms with E-state index in [0.29, 0.717) is 28.7 Å². The third kappa shape index (κ3) is 3.82. The van der Waals surface area contributed by atoms with Crippen molar-refractivity contribution in [3.8, 4) is 5.75 Å². The van der Waals surface area contributed by atoms with Crippen LogP contribution in [-0.4, -0.2) is 33.4 Å². The summed E-state index contributed by atoms with van der Waals surface area (Å²) in [5.41, 5.74) is 1.54. The number of aromatic nitrogens is 2. The summed E-state index contributed by atoms with van der Waals surface area (Å²) in [6.07, 6.45) is 2.43. The molecule has 8 heteroatoms. The summed E-state index contributed by atoms with van der Waals surface area (Å²) in [4.78, 5) is 36.9. The number of ether oxygens (including phenoxy) is 1. The average molecular weight is 472 g/mol. The van der Waals surface area contributed by atoms with Crippen LogP contribution in [0, 0.1) is 0 Å². The summed E-state index contributed by atoms with van der Waals surface area (Å²) < 4.78 is 6.56. The van der Waals surface area contributed by atoms with Crippen LogP contribution in [0.3, 0.4) is 0 Å². The predicted molar refractivity (Wildman–Crippen MR) is 131 cm³/mol. The van der Waals surface area contributed by atoms with E-state index in [1.165, 1.54) is 16.2 Å². The molecule has 1 atom stereocenters. The summed E-state index contributed by atoms with van der Waals surface area (Å²) in [5, 5.41) is 11.6. The lowest BCUT2D eigenvalue weighted by Crippen LogP contribution is -2.29. The molecule has 7 nitrogen and oxygen atoms in total. The smallest absolute Gasteiger partial charge is 0.301 e. The van der Waals surface area contributed by atoms with Crippen LogP contribution in [0.1, 0.15) is 30.6 Å². The number of ketones is 1. The van der Waals surface area contributed by atoms with Crippen molar-refractivity contribution >= 4 is 44.1 Å². The van der Waals surface area contributed by atoms with Gasteiger partial charge in [-0.15, -0.1) is 0 Å². The van der Waals surface area contributed by atoms with Gasteiger partial charge < -0.3 is 9.84 Å². The SMILES string of the molecule is CCCOc1cccc(/C(O)=C2\C(=O)C(=O)N(c3nc4ccccc4s3)C2c2ccccn2)c1. The van der Waals surface area contributed by atoms with Crippen molar-refractivity contribution in [1.82, 2.24) is 9.97 Å². The van der Waals surface area contributed by atoms with E-state index in [0.717, 1.165) is 16.6 Å². The van der Waals surface area contributed by atoms with Gasteiger partial charge in [-0.3, -0.25) is 19.5 Å². The lowest BCUT2D eigenvalue weighted by atomic mass is 9.98. The van der Waals surface area contributed by atoms with Gasteiger partial charge in [0.15, 0.2) is 5.13 Å². The third-order valence-corrected chi connectivity index (χ3v) is 6.52. The number of carbonyl (C=O) groups is 2. The Hall–Kier alpha value is -4.04. The van der Waals surface area contributed by atoms with Crippen LogP contribution < -0.4 is 9.64 Å². The quantitative estimate of drug-likeness (QED) is 0.239. The molecular weight excluding hydrogens is 450 g/mol. The zero-order chi connectivity index (χ0) is 23.7. The second-order valence-electron chi connectivity index (χ2n) is 7.76. The molecule has 4 aromatic rings. The Morgan fingerprint density at radius 1 is 1.09 bits per heavy atom. The van der Waals surface area contributed by atoms with Crippen molar-refractivity contribution < 1.29 is 19.4 Å². The van der Waals surface area contributed by atoms with Crippen LogP contribution in [0.5, 0.6) is 5.75 Å². The number of aliphatic hydroxyl groups excluding tert-OH is 1. The molecule has 0 aliphatic carbocycles. The molecule has 170 valence electrons. The molecule has 1 saturated heterocycles. The summed E-state index contributed by atoms with van der Waals surface area (Å²) >= 11 is 1.31. The van der Waals surface area contributed by atoms with Crippen molar-refractivity contribution in [3.05, 3.63) is 89.8 Å². The highest BCUT2D eigenvalue weighted by Crippen LogP contribution is 2.43. The number of Topliss-reactive ketones (excluding diaryl/α,β-unsaturated/α-hetero) is 1. The van der Waals surface area contributed by atoms with Gasteiger partial charge in [0.1, 0.15) is 17.6 Å². The van der Waals surface area contributed by atoms with Crippen LogP contribution >= 0.6 is 11.3 Å². The van der Waals surface area contributed by atoms with E-state index in [4.69, 9.17) is 4.74 Å². The monoisotopic (exact) mass is 471 g/mol. The normalized spacial score (nSPS) is 17.4. The first-order valence-corrected chi connectivity index (χ1v) is 11.7. The summed E-state index contributed by atoms with van der Waals surface area (Å²) in [5.74, 6) is -1.25. The summed E-state index contributed by atoms with van der Waals surface area (Å²) in [7, 11) is 0. The van der Waals surface area contributed by atoms with Gasteiger partial charge in [0, 0.05) is 11.8 Å². The second-order valence-corrected chi connectivity index (χ2v) is 8.77. The zero-order valence-electron chi connectivity index (χ0n) is 18.3. The molecule has 1 aliphatic heterocycles. The van der Waals surface area contributed by atoms with E-state index in [-0.39, 0.29) is 11.3 Å². The molecule has 1 N–H and O–H groups in total. The standard InChI is InChI=1S/C26H21N3O4S/c1-2-14-33-17-9-7-8-16(15-17)23(30)21-22(19-11-5-6-13-27-19)29(25(32)24(21)31)26-28-18-10-3-4-12-20(18)34-26/h3-13,15,22,30H,2,14H2,1H3/b23-21+. The number of thiazole rings is 1. The van der Waals surface area contributed by atoms with Crippen LogP contribution in [0.4, 0.5) is 5.13 Å². The van der Waals surface area contributed by atoms with Gasteiger partial charge in [-0.25, -0.2) is 4.98 Å². The molecule has 2 aromatic heterocycles. The molecule has 1 amide bonds. The Balaban J connectivity index is 1.67. The summed E-state index contributed by atoms with van der Waals surface area (Å²) in [6.45, 7) is 2.53. The molecule has 2 aromatic carbocycles. The lowest BCUT2D eigenvalue weighted by Gasteiger charge is -2.22. The molecule has 0 bridgehead atoms. The number of para-hydroxylation sites is 1. The van der Waals surface area contributed by atoms with Crippen LogP contribution in [-0.2, 0) is 9.59 Å². The number of amides is 1. The Morgan fingerprint density at radius 2 is 1.91 bits per heavy atom. The molecule has 0 radical (unpaired) electrons. The molecule has 1 unspecified atom stereocenters. The second kappa shape index (κ2) is 9.07. The van der Waals surface area contributed by atoms with Crippen molar-refractivity contribution in [3.63, 3.8) is 0 Å². The minimum atomic E-state index is -0.915. The Labute approximate surface area is 200 Å². The number of hydrogen-bond donors (Lipinski definition) is 1. The van der Waals surface area contributed by atoms with Crippen LogP contribution in [0.15, 0.2) is 78.5 Å². The Morgan fingerprint density at radius 3 is 2.68 bits per heavy atom. The molecule has 5 rings (SSSR count). The van der Waals surface area contributed by atoms with Crippen molar-refractivity contribution in [2.24, 2.45) is 0 Å². The number of pyridine rings is 1. The minimum Gasteiger partial charge on any atom is -0.507 e. The zero-order valence-corrected chi connectivity index (χ0v) is 19.2. The number of fused-ring (bicyclic) bond motifs is 1. The van der Waals surface area contributed by atoms with Crippen molar-refractivity contribution in [2.75, 3.05) is 11.5 Å². The van der Waals surface area contributed by atoms with Gasteiger partial charge in [0.25, 0.3) is 5.78 Å². The Kier molecular flexibility index (Phi) is 5.81. The molecule has 34 heavy (non-hydrogen) atoms. The number of benzene rings is 2. The topological polar surface area (TPSA) is 92.6 Å². The highest BCUT2D eigenvalue weighted by Gasteiger charge is 2.48. The van der Waals surface area contributed by atoms with Gasteiger partial charge in [-0.1, -0.05) is 48.6 Å². The van der Waals surface area contributed by atoms with E-state index in [9.17, 15) is 14.7 Å². The highest BCUT2D eigenvalue weighted by molar-refractivity contribution is 7.22. The number of nitrogens with zero attached hydrogens (tertiary/aromatic N) is 3. The molecule has 0 spiro atoms. The van der Waals surface area contributed by atoms with Gasteiger partial charge >= 0.3 is 5.91 Å². The maximum absolute atomic E-state index is 13.3. The fourth-order valence-electron chi connectivity index (χ4n) is 3.92. The average Bonchev–Trinajstić information content (AvgIpc) is 3.41. The molecule has 0 saturated carbocycles. The first-order valence-electron chi connectivity index (χ1n) is 10.9. The molecular formula is C26H21N3O4S. The fraction of sp³-hybridized carbons (Fsp3) is 0.154. The van der Waals surface area contributed by atoms with E-state index >= 15 is 0 Å². The lowest BCUT2D eigenvalue weighted by molar-refractivity contribution is -0.132. The number of hydrogen-bond acceptors (Lipinski definition) is 7. The van der Waals surface area contributed by atoms with Gasteiger partial charge in [-0.05, 0) is 42.8 Å². The highest BCUT2D eigenvalue weighted by atomic mass is 32.1. The van der Waals surface area contributed by atoms with E-state index in [1.807, 2.05) is 31.2 Å². The minimum absolute atomic E-state index is 0.0319. The Bertz CT molecular complexity index is 1380. The molecule has 3 heterocycles. The van der Waals surface area contributed by atoms with E-state index in [2.05, 4.69) is 9.97 Å². The summed E-state index contributed by atoms with van der Waals surface area (Å²) in [6, 6.07) is 18.7. The first kappa shape index (κ1) is 21.8. The van der Waals surface area contributed by atoms with E-state index < -0.39 is 17.7 Å². The third-order valence-electron chi connectivity index (χ3n) is 5.48. The number of anilines is 1. The fourth-order valence-corrected chi connectivity index (χ4v) is 4.91. The van der Waals surface area contributed by atoms with E-state index in [1.54, 1.807) is 48.7 Å². The predicted octanol–water partition coefficient (Wildman–Crippen LogP) is 5.11. The van der Waals surface area contributed by atoms with Gasteiger partial charge in [0.05, 0.1) is 28.1 Å². The van der Waals surface area contributed by atoms with Gasteiger partial charge in [-0.2, -0.15) is 0 Å². The first-order chi connectivity index (χ1) is 16.6. The number of carbonyl (C=O) groups excluding carboxylic acids is 2. The van der Waals surface area contributed by atoms with Gasteiger partial charge in [0.2, 0.25) is 0 Å². The van der Waals surface area contributed by atoms with Crippen molar-refractivity contribution in [2.45, 2.75) is 19.4 Å².